The van der Waals surface area contributed by atoms with Gasteiger partial charge in [0.2, 0.25) is 0 Å². The number of nitrogens with one attached hydrogen (secondary N) is 1. The third-order valence-corrected chi connectivity index (χ3v) is 3.76. The molecule has 5 heteroatoms. The zero-order valence-electron chi connectivity index (χ0n) is 11.6. The Hall–Kier alpha value is -1.04. The van der Waals surface area contributed by atoms with Crippen LogP contribution < -0.4 is 5.32 Å². The Bertz CT molecular complexity index is 379. The van der Waals surface area contributed by atoms with Gasteiger partial charge < -0.3 is 15.0 Å². The first kappa shape index (κ1) is 14.4. The summed E-state index contributed by atoms with van der Waals surface area (Å²) in [5.41, 5.74) is 0.889. The Balaban J connectivity index is 1.86. The van der Waals surface area contributed by atoms with Gasteiger partial charge in [0.15, 0.2) is 0 Å². The fraction of sp³-hybridized carbons (Fsp3) is 0.643. The molecule has 1 aliphatic heterocycles. The Morgan fingerprint density at radius 2 is 2.42 bits per heavy atom. The summed E-state index contributed by atoms with van der Waals surface area (Å²) in [6.45, 7) is 2.66. The van der Waals surface area contributed by atoms with Crippen LogP contribution in [0, 0.1) is 5.82 Å². The lowest BCUT2D eigenvalue weighted by molar-refractivity contribution is 0.156. The van der Waals surface area contributed by atoms with E-state index in [1.54, 1.807) is 6.07 Å². The fourth-order valence-electron chi connectivity index (χ4n) is 2.42. The SMILES string of the molecule is CNC(CCN(C)C1CCOC1)c1ccc(F)cn1. The van der Waals surface area contributed by atoms with Crippen LogP contribution in [0.25, 0.3) is 0 Å². The molecule has 1 aromatic heterocycles. The van der Waals surface area contributed by atoms with E-state index in [1.165, 1.54) is 12.3 Å². The van der Waals surface area contributed by atoms with E-state index in [9.17, 15) is 4.39 Å². The summed E-state index contributed by atoms with van der Waals surface area (Å²) < 4.78 is 18.3. The molecule has 0 radical (unpaired) electrons. The van der Waals surface area contributed by atoms with E-state index >= 15 is 0 Å². The van der Waals surface area contributed by atoms with Crippen LogP contribution in [0.1, 0.15) is 24.6 Å². The van der Waals surface area contributed by atoms with E-state index in [-0.39, 0.29) is 11.9 Å². The van der Waals surface area contributed by atoms with Crippen molar-refractivity contribution in [1.29, 1.82) is 0 Å². The molecule has 106 valence electrons. The Kier molecular flexibility index (Phi) is 5.24. The molecule has 1 saturated heterocycles. The largest absolute Gasteiger partial charge is 0.380 e. The molecular formula is C14H22FN3O. The van der Waals surface area contributed by atoms with E-state index < -0.39 is 0 Å². The Morgan fingerprint density at radius 3 is 3.00 bits per heavy atom. The highest BCUT2D eigenvalue weighted by Crippen LogP contribution is 2.17. The summed E-state index contributed by atoms with van der Waals surface area (Å²) in [7, 11) is 4.04. The van der Waals surface area contributed by atoms with Crippen LogP contribution in [-0.4, -0.2) is 49.8 Å². The molecule has 0 amide bonds. The highest BCUT2D eigenvalue weighted by atomic mass is 19.1. The quantitative estimate of drug-likeness (QED) is 0.849. The summed E-state index contributed by atoms with van der Waals surface area (Å²) in [5.74, 6) is -0.293. The zero-order chi connectivity index (χ0) is 13.7. The van der Waals surface area contributed by atoms with Crippen molar-refractivity contribution in [2.45, 2.75) is 24.9 Å². The third kappa shape index (κ3) is 3.96. The molecule has 19 heavy (non-hydrogen) atoms. The maximum Gasteiger partial charge on any atom is 0.141 e. The van der Waals surface area contributed by atoms with Crippen molar-refractivity contribution in [3.63, 3.8) is 0 Å². The molecule has 4 nitrogen and oxygen atoms in total. The number of likely N-dealkylation sites (N-methyl/N-ethyl adjacent to an activating group) is 1. The van der Waals surface area contributed by atoms with Gasteiger partial charge in [0.1, 0.15) is 5.82 Å². The van der Waals surface area contributed by atoms with Gasteiger partial charge in [-0.05, 0) is 39.1 Å². The molecular weight excluding hydrogens is 245 g/mol. The summed E-state index contributed by atoms with van der Waals surface area (Å²) in [5, 5.41) is 3.24. The number of hydrogen-bond acceptors (Lipinski definition) is 4. The molecule has 0 spiro atoms. The maximum atomic E-state index is 12.9. The average Bonchev–Trinajstić information content (AvgIpc) is 2.95. The lowest BCUT2D eigenvalue weighted by atomic mass is 10.1. The van der Waals surface area contributed by atoms with Crippen LogP contribution in [0.2, 0.25) is 0 Å². The summed E-state index contributed by atoms with van der Waals surface area (Å²) in [6.07, 6.45) is 3.33. The first-order chi connectivity index (χ1) is 9.20. The molecule has 0 saturated carbocycles. The number of pyridine rings is 1. The average molecular weight is 267 g/mol. The van der Waals surface area contributed by atoms with Gasteiger partial charge in [-0.25, -0.2) is 4.39 Å². The molecule has 2 unspecified atom stereocenters. The second-order valence-corrected chi connectivity index (χ2v) is 5.03. The van der Waals surface area contributed by atoms with Gasteiger partial charge in [-0.15, -0.1) is 0 Å². The molecule has 2 rings (SSSR count). The van der Waals surface area contributed by atoms with E-state index in [0.717, 1.165) is 38.3 Å². The van der Waals surface area contributed by atoms with E-state index in [2.05, 4.69) is 22.2 Å². The van der Waals surface area contributed by atoms with Crippen LogP contribution in [0.4, 0.5) is 4.39 Å². The lowest BCUT2D eigenvalue weighted by Gasteiger charge is -2.25. The smallest absolute Gasteiger partial charge is 0.141 e. The van der Waals surface area contributed by atoms with Crippen molar-refractivity contribution in [3.8, 4) is 0 Å². The molecule has 2 atom stereocenters. The maximum absolute atomic E-state index is 12.9. The fourth-order valence-corrected chi connectivity index (χ4v) is 2.42. The van der Waals surface area contributed by atoms with Crippen LogP contribution >= 0.6 is 0 Å². The van der Waals surface area contributed by atoms with Crippen molar-refractivity contribution in [2.24, 2.45) is 0 Å². The van der Waals surface area contributed by atoms with Crippen molar-refractivity contribution in [1.82, 2.24) is 15.2 Å². The van der Waals surface area contributed by atoms with Gasteiger partial charge in [0, 0.05) is 19.2 Å². The second kappa shape index (κ2) is 6.93. The Labute approximate surface area is 114 Å². The van der Waals surface area contributed by atoms with Crippen LogP contribution in [-0.2, 0) is 4.74 Å². The number of nitrogens with zero attached hydrogens (tertiary/aromatic N) is 2. The number of aromatic nitrogens is 1. The number of halogens is 1. The summed E-state index contributed by atoms with van der Waals surface area (Å²) in [6, 6.07) is 3.89. The minimum absolute atomic E-state index is 0.158. The van der Waals surface area contributed by atoms with Gasteiger partial charge >= 0.3 is 0 Å². The third-order valence-electron chi connectivity index (χ3n) is 3.76. The first-order valence-electron chi connectivity index (χ1n) is 6.77. The number of rotatable bonds is 6. The van der Waals surface area contributed by atoms with Crippen molar-refractivity contribution < 1.29 is 9.13 Å². The molecule has 1 aliphatic rings. The monoisotopic (exact) mass is 267 g/mol. The molecule has 1 aromatic rings. The van der Waals surface area contributed by atoms with Gasteiger partial charge in [0.25, 0.3) is 0 Å². The first-order valence-corrected chi connectivity index (χ1v) is 6.77. The van der Waals surface area contributed by atoms with Gasteiger partial charge in [0.05, 0.1) is 24.5 Å². The topological polar surface area (TPSA) is 37.4 Å². The molecule has 1 fully saturated rings. The van der Waals surface area contributed by atoms with Gasteiger partial charge in [-0.2, -0.15) is 0 Å². The van der Waals surface area contributed by atoms with Crippen LogP contribution in [0.15, 0.2) is 18.3 Å². The standard InChI is InChI=1S/C14H22FN3O/c1-16-13(14-4-3-11(15)9-17-14)5-7-18(2)12-6-8-19-10-12/h3-4,9,12-13,16H,5-8,10H2,1-2H3. The van der Waals surface area contributed by atoms with E-state index in [1.807, 2.05) is 7.05 Å². The van der Waals surface area contributed by atoms with Gasteiger partial charge in [-0.1, -0.05) is 0 Å². The minimum Gasteiger partial charge on any atom is -0.380 e. The Morgan fingerprint density at radius 1 is 1.58 bits per heavy atom. The van der Waals surface area contributed by atoms with Crippen molar-refractivity contribution in [3.05, 3.63) is 29.8 Å². The molecule has 0 aliphatic carbocycles. The van der Waals surface area contributed by atoms with Crippen molar-refractivity contribution in [2.75, 3.05) is 33.9 Å². The highest BCUT2D eigenvalue weighted by Gasteiger charge is 2.21. The normalized spacial score (nSPS) is 20.9. The highest BCUT2D eigenvalue weighted by molar-refractivity contribution is 5.09. The van der Waals surface area contributed by atoms with Gasteiger partial charge in [-0.3, -0.25) is 4.98 Å². The number of ether oxygens (including phenoxy) is 1. The number of hydrogen-bond donors (Lipinski definition) is 1. The molecule has 0 aromatic carbocycles. The van der Waals surface area contributed by atoms with Crippen LogP contribution in [0.3, 0.4) is 0 Å². The predicted molar refractivity (Wildman–Crippen MR) is 72.5 cm³/mol. The second-order valence-electron chi connectivity index (χ2n) is 5.03. The van der Waals surface area contributed by atoms with Crippen LogP contribution in [0.5, 0.6) is 0 Å². The molecule has 1 N–H and O–H groups in total. The van der Waals surface area contributed by atoms with E-state index in [4.69, 9.17) is 4.74 Å². The zero-order valence-corrected chi connectivity index (χ0v) is 11.6. The molecule has 2 heterocycles. The lowest BCUT2D eigenvalue weighted by Crippen LogP contribution is -2.34. The minimum atomic E-state index is -0.293. The van der Waals surface area contributed by atoms with Crippen molar-refractivity contribution >= 4 is 0 Å². The van der Waals surface area contributed by atoms with E-state index in [0.29, 0.717) is 6.04 Å². The summed E-state index contributed by atoms with van der Waals surface area (Å²) >= 11 is 0. The molecule has 0 bridgehead atoms. The predicted octanol–water partition coefficient (Wildman–Crippen LogP) is 1.59. The summed E-state index contributed by atoms with van der Waals surface area (Å²) in [4.78, 5) is 6.48.